The third-order valence-corrected chi connectivity index (χ3v) is 2.37. The Morgan fingerprint density at radius 2 is 2.36 bits per heavy atom. The molecule has 3 nitrogen and oxygen atoms in total. The maximum absolute atomic E-state index is 5.72. The van der Waals surface area contributed by atoms with Crippen LogP contribution >= 0.6 is 0 Å². The van der Waals surface area contributed by atoms with Crippen LogP contribution in [0.4, 0.5) is 5.69 Å². The molecule has 0 spiro atoms. The lowest BCUT2D eigenvalue weighted by Crippen LogP contribution is -2.02. The Hall–Kier alpha value is -1.25. The second-order valence-electron chi connectivity index (χ2n) is 3.59. The van der Waals surface area contributed by atoms with Crippen molar-refractivity contribution in [2.24, 2.45) is 0 Å². The van der Waals surface area contributed by atoms with Crippen LogP contribution < -0.4 is 10.1 Å². The molecule has 1 aliphatic carbocycles. The van der Waals surface area contributed by atoms with Crippen molar-refractivity contribution in [1.82, 2.24) is 4.98 Å². The zero-order chi connectivity index (χ0) is 9.97. The van der Waals surface area contributed by atoms with Gasteiger partial charge in [0.2, 0.25) is 0 Å². The monoisotopic (exact) mass is 192 g/mol. The van der Waals surface area contributed by atoms with Crippen LogP contribution in [0.3, 0.4) is 0 Å². The Morgan fingerprint density at radius 1 is 1.57 bits per heavy atom. The van der Waals surface area contributed by atoms with E-state index in [4.69, 9.17) is 4.74 Å². The fourth-order valence-electron chi connectivity index (χ4n) is 1.33. The van der Waals surface area contributed by atoms with E-state index in [1.54, 1.807) is 0 Å². The SMILES string of the molecule is CCc1cc(NC)c(OC2CC2)cn1. The molecule has 1 fully saturated rings. The lowest BCUT2D eigenvalue weighted by molar-refractivity contribution is 0.303. The van der Waals surface area contributed by atoms with Gasteiger partial charge in [-0.3, -0.25) is 4.98 Å². The lowest BCUT2D eigenvalue weighted by Gasteiger charge is -2.10. The van der Waals surface area contributed by atoms with Crippen LogP contribution in [0.2, 0.25) is 0 Å². The van der Waals surface area contributed by atoms with Crippen LogP contribution in [0.15, 0.2) is 12.3 Å². The Balaban J connectivity index is 2.19. The molecule has 1 aromatic rings. The van der Waals surface area contributed by atoms with Gasteiger partial charge in [-0.1, -0.05) is 6.92 Å². The van der Waals surface area contributed by atoms with Gasteiger partial charge < -0.3 is 10.1 Å². The van der Waals surface area contributed by atoms with Gasteiger partial charge in [0.25, 0.3) is 0 Å². The van der Waals surface area contributed by atoms with E-state index in [1.165, 1.54) is 12.8 Å². The topological polar surface area (TPSA) is 34.1 Å². The first kappa shape index (κ1) is 9.31. The van der Waals surface area contributed by atoms with Gasteiger partial charge in [-0.2, -0.15) is 0 Å². The average molecular weight is 192 g/mol. The average Bonchev–Trinajstić information content (AvgIpc) is 3.02. The molecule has 76 valence electrons. The van der Waals surface area contributed by atoms with Crippen molar-refractivity contribution < 1.29 is 4.74 Å². The number of nitrogens with zero attached hydrogens (tertiary/aromatic N) is 1. The molecule has 1 saturated carbocycles. The molecule has 0 atom stereocenters. The van der Waals surface area contributed by atoms with E-state index < -0.39 is 0 Å². The van der Waals surface area contributed by atoms with E-state index in [-0.39, 0.29) is 0 Å². The number of ether oxygens (including phenoxy) is 1. The van der Waals surface area contributed by atoms with Crippen LogP contribution in [-0.2, 0) is 6.42 Å². The first-order valence-electron chi connectivity index (χ1n) is 5.16. The molecular formula is C11H16N2O. The molecule has 1 aliphatic rings. The molecule has 1 aromatic heterocycles. The summed E-state index contributed by atoms with van der Waals surface area (Å²) in [7, 11) is 1.91. The Bertz CT molecular complexity index is 321. The van der Waals surface area contributed by atoms with Gasteiger partial charge in [-0.25, -0.2) is 0 Å². The quantitative estimate of drug-likeness (QED) is 0.794. The van der Waals surface area contributed by atoms with Gasteiger partial charge in [0.05, 0.1) is 18.0 Å². The Labute approximate surface area is 84.5 Å². The maximum atomic E-state index is 5.72. The minimum absolute atomic E-state index is 0.427. The molecule has 0 saturated heterocycles. The van der Waals surface area contributed by atoms with E-state index >= 15 is 0 Å². The van der Waals surface area contributed by atoms with Crippen molar-refractivity contribution in [1.29, 1.82) is 0 Å². The maximum Gasteiger partial charge on any atom is 0.161 e. The lowest BCUT2D eigenvalue weighted by atomic mass is 10.2. The molecule has 2 rings (SSSR count). The van der Waals surface area contributed by atoms with Crippen LogP contribution in [-0.4, -0.2) is 18.1 Å². The number of hydrogen-bond donors (Lipinski definition) is 1. The minimum atomic E-state index is 0.427. The molecule has 14 heavy (non-hydrogen) atoms. The third-order valence-electron chi connectivity index (χ3n) is 2.37. The first-order valence-corrected chi connectivity index (χ1v) is 5.16. The molecule has 0 amide bonds. The highest BCUT2D eigenvalue weighted by atomic mass is 16.5. The molecule has 0 bridgehead atoms. The summed E-state index contributed by atoms with van der Waals surface area (Å²) >= 11 is 0. The van der Waals surface area contributed by atoms with E-state index in [2.05, 4.69) is 23.3 Å². The highest BCUT2D eigenvalue weighted by Crippen LogP contribution is 2.31. The predicted molar refractivity (Wildman–Crippen MR) is 56.8 cm³/mol. The molecule has 0 radical (unpaired) electrons. The number of aryl methyl sites for hydroxylation is 1. The van der Waals surface area contributed by atoms with E-state index in [0.717, 1.165) is 23.6 Å². The summed E-state index contributed by atoms with van der Waals surface area (Å²) in [4.78, 5) is 4.32. The van der Waals surface area contributed by atoms with Crippen molar-refractivity contribution >= 4 is 5.69 Å². The van der Waals surface area contributed by atoms with E-state index in [0.29, 0.717) is 6.10 Å². The summed E-state index contributed by atoms with van der Waals surface area (Å²) in [5.41, 5.74) is 2.14. The summed E-state index contributed by atoms with van der Waals surface area (Å²) in [6.07, 6.45) is 5.56. The second kappa shape index (κ2) is 3.86. The number of rotatable bonds is 4. The summed E-state index contributed by atoms with van der Waals surface area (Å²) < 4.78 is 5.72. The molecule has 1 heterocycles. The van der Waals surface area contributed by atoms with Crippen molar-refractivity contribution in [3.63, 3.8) is 0 Å². The van der Waals surface area contributed by atoms with Gasteiger partial charge in [-0.15, -0.1) is 0 Å². The summed E-state index contributed by atoms with van der Waals surface area (Å²) in [5.74, 6) is 0.882. The number of hydrogen-bond acceptors (Lipinski definition) is 3. The normalized spacial score (nSPS) is 15.3. The summed E-state index contributed by atoms with van der Waals surface area (Å²) in [5, 5.41) is 3.14. The molecule has 1 N–H and O–H groups in total. The van der Waals surface area contributed by atoms with Crippen LogP contribution in [0.25, 0.3) is 0 Å². The van der Waals surface area contributed by atoms with E-state index in [9.17, 15) is 0 Å². The molecule has 3 heteroatoms. The van der Waals surface area contributed by atoms with E-state index in [1.807, 2.05) is 13.2 Å². The van der Waals surface area contributed by atoms with Gasteiger partial charge >= 0.3 is 0 Å². The molecule has 0 aromatic carbocycles. The largest absolute Gasteiger partial charge is 0.487 e. The third kappa shape index (κ3) is 1.97. The minimum Gasteiger partial charge on any atom is -0.487 e. The highest BCUT2D eigenvalue weighted by Gasteiger charge is 2.24. The van der Waals surface area contributed by atoms with Crippen molar-refractivity contribution in [2.75, 3.05) is 12.4 Å². The number of aromatic nitrogens is 1. The Kier molecular flexibility index (Phi) is 2.57. The number of anilines is 1. The smallest absolute Gasteiger partial charge is 0.161 e. The van der Waals surface area contributed by atoms with Gasteiger partial charge in [0.1, 0.15) is 0 Å². The molecule has 0 aliphatic heterocycles. The standard InChI is InChI=1S/C11H16N2O/c1-3-8-6-10(12-2)11(7-13-8)14-9-4-5-9/h6-7,9H,3-5H2,1-2H3,(H,12,13). The molecule has 0 unspecified atom stereocenters. The van der Waals surface area contributed by atoms with Crippen molar-refractivity contribution in [3.05, 3.63) is 18.0 Å². The zero-order valence-corrected chi connectivity index (χ0v) is 8.71. The van der Waals surface area contributed by atoms with Gasteiger partial charge in [0, 0.05) is 12.7 Å². The highest BCUT2D eigenvalue weighted by molar-refractivity contribution is 5.55. The van der Waals surface area contributed by atoms with Crippen LogP contribution in [0.5, 0.6) is 5.75 Å². The van der Waals surface area contributed by atoms with Crippen LogP contribution in [0, 0.1) is 0 Å². The Morgan fingerprint density at radius 3 is 2.93 bits per heavy atom. The fraction of sp³-hybridized carbons (Fsp3) is 0.545. The fourth-order valence-corrected chi connectivity index (χ4v) is 1.33. The van der Waals surface area contributed by atoms with Gasteiger partial charge in [0.15, 0.2) is 5.75 Å². The summed E-state index contributed by atoms with van der Waals surface area (Å²) in [6.45, 7) is 2.10. The van der Waals surface area contributed by atoms with Gasteiger partial charge in [-0.05, 0) is 25.3 Å². The number of pyridine rings is 1. The van der Waals surface area contributed by atoms with Crippen molar-refractivity contribution in [2.45, 2.75) is 32.3 Å². The van der Waals surface area contributed by atoms with Crippen LogP contribution in [0.1, 0.15) is 25.5 Å². The zero-order valence-electron chi connectivity index (χ0n) is 8.71. The van der Waals surface area contributed by atoms with Crippen molar-refractivity contribution in [3.8, 4) is 5.75 Å². The predicted octanol–water partition coefficient (Wildman–Crippen LogP) is 2.23. The second-order valence-corrected chi connectivity index (χ2v) is 3.59. The summed E-state index contributed by atoms with van der Waals surface area (Å²) in [6, 6.07) is 2.05. The number of nitrogens with one attached hydrogen (secondary N) is 1. The first-order chi connectivity index (χ1) is 6.83. The molecular weight excluding hydrogens is 176 g/mol.